The molecule has 0 aromatic heterocycles. The van der Waals surface area contributed by atoms with Gasteiger partial charge in [-0.2, -0.15) is 0 Å². The number of hydrogen-bond acceptors (Lipinski definition) is 9. The minimum absolute atomic E-state index is 0.176. The summed E-state index contributed by atoms with van der Waals surface area (Å²) in [6.45, 7) is 16.6. The summed E-state index contributed by atoms with van der Waals surface area (Å²) in [6.07, 6.45) is 28.7. The van der Waals surface area contributed by atoms with E-state index in [2.05, 4.69) is 42.4 Å². The van der Waals surface area contributed by atoms with Gasteiger partial charge in [0.15, 0.2) is 0 Å². The molecule has 0 fully saturated rings. The molecule has 0 aliphatic heterocycles. The number of esters is 3. The number of likely N-dealkylation sites (N-methyl/N-ethyl adjacent to an activating group) is 1. The highest BCUT2D eigenvalue weighted by Gasteiger charge is 2.16. The molecule has 0 unspecified atom stereocenters. The molecule has 0 aliphatic carbocycles. The molecule has 9 nitrogen and oxygen atoms in total. The first kappa shape index (κ1) is 51.3. The third-order valence-corrected chi connectivity index (χ3v) is 10.5. The Labute approximate surface area is 328 Å². The molecule has 0 atom stereocenters. The van der Waals surface area contributed by atoms with E-state index < -0.39 is 0 Å². The summed E-state index contributed by atoms with van der Waals surface area (Å²) in [7, 11) is 1.43. The zero-order valence-electron chi connectivity index (χ0n) is 35.7. The summed E-state index contributed by atoms with van der Waals surface area (Å²) >= 11 is 0. The second kappa shape index (κ2) is 40.0. The molecule has 314 valence electrons. The van der Waals surface area contributed by atoms with Gasteiger partial charge in [0.2, 0.25) is 0 Å². The zero-order chi connectivity index (χ0) is 39.0. The standard InChI is InChI=1S/C44H87N3O6/c1-6-10-12-14-16-18-20-22-24-26-28-40-52-43(49)31-34-46(38-39-47(33-30-42(48)51-5)37-36-45(8-3)9-4)35-32-44(50)53-41-29-27-25-23-21-19-17-15-13-11-7-2/h6-41H2,1-5H3. The van der Waals surface area contributed by atoms with Crippen LogP contribution in [0.15, 0.2) is 0 Å². The normalized spacial score (nSPS) is 11.5. The van der Waals surface area contributed by atoms with Crippen LogP contribution in [-0.2, 0) is 28.6 Å². The molecule has 0 amide bonds. The van der Waals surface area contributed by atoms with Gasteiger partial charge in [-0.1, -0.05) is 156 Å². The number of rotatable bonds is 41. The van der Waals surface area contributed by atoms with Crippen LogP contribution in [0.5, 0.6) is 0 Å². The van der Waals surface area contributed by atoms with Crippen LogP contribution in [0.3, 0.4) is 0 Å². The number of carbonyl (C=O) groups excluding carboxylic acids is 3. The van der Waals surface area contributed by atoms with Crippen LogP contribution in [0.4, 0.5) is 0 Å². The Kier molecular flexibility index (Phi) is 38.7. The third-order valence-electron chi connectivity index (χ3n) is 10.5. The fraction of sp³-hybridized carbons (Fsp3) is 0.932. The highest BCUT2D eigenvalue weighted by molar-refractivity contribution is 5.70. The van der Waals surface area contributed by atoms with E-state index in [4.69, 9.17) is 14.2 Å². The smallest absolute Gasteiger partial charge is 0.307 e. The van der Waals surface area contributed by atoms with Gasteiger partial charge >= 0.3 is 17.9 Å². The second-order valence-electron chi connectivity index (χ2n) is 15.0. The fourth-order valence-corrected chi connectivity index (χ4v) is 6.68. The third kappa shape index (κ3) is 35.7. The number of hydrogen-bond donors (Lipinski definition) is 0. The maximum Gasteiger partial charge on any atom is 0.307 e. The van der Waals surface area contributed by atoms with E-state index in [9.17, 15) is 14.4 Å². The van der Waals surface area contributed by atoms with Crippen LogP contribution in [0.1, 0.15) is 188 Å². The lowest BCUT2D eigenvalue weighted by Crippen LogP contribution is -2.41. The predicted octanol–water partition coefficient (Wildman–Crippen LogP) is 9.98. The molecule has 0 aromatic rings. The van der Waals surface area contributed by atoms with Crippen LogP contribution in [-0.4, -0.2) is 112 Å². The van der Waals surface area contributed by atoms with Gasteiger partial charge in [0.1, 0.15) is 0 Å². The Morgan fingerprint density at radius 3 is 0.962 bits per heavy atom. The van der Waals surface area contributed by atoms with Crippen molar-refractivity contribution in [2.45, 2.75) is 188 Å². The molecule has 0 aromatic carbocycles. The van der Waals surface area contributed by atoms with Crippen molar-refractivity contribution in [3.05, 3.63) is 0 Å². The molecule has 0 saturated heterocycles. The summed E-state index contributed by atoms with van der Waals surface area (Å²) < 4.78 is 16.1. The van der Waals surface area contributed by atoms with Gasteiger partial charge in [-0.25, -0.2) is 0 Å². The van der Waals surface area contributed by atoms with E-state index in [1.165, 1.54) is 123 Å². The van der Waals surface area contributed by atoms with Gasteiger partial charge in [-0.05, 0) is 25.9 Å². The largest absolute Gasteiger partial charge is 0.469 e. The molecule has 0 rings (SSSR count). The van der Waals surface area contributed by atoms with Crippen molar-refractivity contribution in [3.8, 4) is 0 Å². The first-order valence-electron chi connectivity index (χ1n) is 22.4. The molecule has 0 bridgehead atoms. The molecule has 9 heteroatoms. The summed E-state index contributed by atoms with van der Waals surface area (Å²) in [5.41, 5.74) is 0. The monoisotopic (exact) mass is 754 g/mol. The lowest BCUT2D eigenvalue weighted by Gasteiger charge is -2.29. The minimum atomic E-state index is -0.212. The average Bonchev–Trinajstić information content (AvgIpc) is 3.17. The number of methoxy groups -OCH3 is 1. The lowest BCUT2D eigenvalue weighted by molar-refractivity contribution is -0.144. The first-order chi connectivity index (χ1) is 25.9. The maximum absolute atomic E-state index is 12.7. The van der Waals surface area contributed by atoms with E-state index in [1.54, 1.807) is 0 Å². The minimum Gasteiger partial charge on any atom is -0.469 e. The van der Waals surface area contributed by atoms with Gasteiger partial charge in [0, 0.05) is 45.8 Å². The maximum atomic E-state index is 12.7. The Morgan fingerprint density at radius 2 is 0.642 bits per heavy atom. The Hall–Kier alpha value is -1.71. The topological polar surface area (TPSA) is 88.6 Å². The van der Waals surface area contributed by atoms with Gasteiger partial charge in [0.25, 0.3) is 0 Å². The van der Waals surface area contributed by atoms with Crippen LogP contribution in [0.2, 0.25) is 0 Å². The molecule has 0 spiro atoms. The van der Waals surface area contributed by atoms with Crippen molar-refractivity contribution in [1.29, 1.82) is 0 Å². The highest BCUT2D eigenvalue weighted by Crippen LogP contribution is 2.13. The van der Waals surface area contributed by atoms with Crippen LogP contribution in [0.25, 0.3) is 0 Å². The summed E-state index contributed by atoms with van der Waals surface area (Å²) in [6, 6.07) is 0. The summed E-state index contributed by atoms with van der Waals surface area (Å²) in [5.74, 6) is -0.564. The molecule has 0 heterocycles. The number of ether oxygens (including phenoxy) is 3. The Morgan fingerprint density at radius 1 is 0.358 bits per heavy atom. The fourth-order valence-electron chi connectivity index (χ4n) is 6.68. The Bertz CT molecular complexity index is 781. The van der Waals surface area contributed by atoms with Gasteiger partial charge < -0.3 is 28.9 Å². The van der Waals surface area contributed by atoms with E-state index in [-0.39, 0.29) is 17.9 Å². The number of unbranched alkanes of at least 4 members (excludes halogenated alkanes) is 20. The molecule has 0 N–H and O–H groups in total. The van der Waals surface area contributed by atoms with E-state index in [0.717, 1.165) is 58.4 Å². The van der Waals surface area contributed by atoms with Crippen molar-refractivity contribution in [2.75, 3.05) is 79.2 Å². The van der Waals surface area contributed by atoms with Crippen molar-refractivity contribution >= 4 is 17.9 Å². The van der Waals surface area contributed by atoms with E-state index >= 15 is 0 Å². The quantitative estimate of drug-likeness (QED) is 0.0344. The molecular weight excluding hydrogens is 666 g/mol. The average molecular weight is 754 g/mol. The van der Waals surface area contributed by atoms with Crippen LogP contribution in [0, 0.1) is 0 Å². The zero-order valence-corrected chi connectivity index (χ0v) is 35.7. The van der Waals surface area contributed by atoms with Gasteiger partial charge in [-0.15, -0.1) is 0 Å². The second-order valence-corrected chi connectivity index (χ2v) is 15.0. The van der Waals surface area contributed by atoms with Crippen LogP contribution >= 0.6 is 0 Å². The van der Waals surface area contributed by atoms with E-state index in [0.29, 0.717) is 58.7 Å². The van der Waals surface area contributed by atoms with Gasteiger partial charge in [-0.3, -0.25) is 14.4 Å². The lowest BCUT2D eigenvalue weighted by atomic mass is 10.1. The molecule has 0 radical (unpaired) electrons. The SMILES string of the molecule is CCCCCCCCCCCCCOC(=O)CCN(CCC(=O)OCCCCCCCCCCCCC)CCN(CCC(=O)OC)CCN(CC)CC. The molecular formula is C44H87N3O6. The number of carbonyl (C=O) groups is 3. The van der Waals surface area contributed by atoms with Crippen molar-refractivity contribution in [1.82, 2.24) is 14.7 Å². The van der Waals surface area contributed by atoms with Gasteiger partial charge in [0.05, 0.1) is 39.6 Å². The first-order valence-corrected chi connectivity index (χ1v) is 22.4. The summed E-state index contributed by atoms with van der Waals surface area (Å²) in [5, 5.41) is 0. The Balaban J connectivity index is 4.69. The highest BCUT2D eigenvalue weighted by atomic mass is 16.5. The molecule has 0 saturated carbocycles. The van der Waals surface area contributed by atoms with Crippen molar-refractivity contribution in [3.63, 3.8) is 0 Å². The van der Waals surface area contributed by atoms with E-state index in [1.807, 2.05) is 0 Å². The molecule has 0 aliphatic rings. The van der Waals surface area contributed by atoms with Crippen LogP contribution < -0.4 is 0 Å². The van der Waals surface area contributed by atoms with Crippen molar-refractivity contribution in [2.24, 2.45) is 0 Å². The molecule has 53 heavy (non-hydrogen) atoms. The summed E-state index contributed by atoms with van der Waals surface area (Å²) in [4.78, 5) is 44.2. The number of nitrogens with zero attached hydrogens (tertiary/aromatic N) is 3. The predicted molar refractivity (Wildman–Crippen MR) is 221 cm³/mol. The van der Waals surface area contributed by atoms with Crippen molar-refractivity contribution < 1.29 is 28.6 Å².